The van der Waals surface area contributed by atoms with E-state index in [1.54, 1.807) is 0 Å². The number of anilines is 3. The van der Waals surface area contributed by atoms with Gasteiger partial charge in [-0.25, -0.2) is 4.98 Å². The minimum atomic E-state index is -0.0601. The van der Waals surface area contributed by atoms with Gasteiger partial charge in [-0.15, -0.1) is 0 Å². The summed E-state index contributed by atoms with van der Waals surface area (Å²) in [5, 5.41) is 2.20. The monoisotopic (exact) mass is 720 g/mol. The molecule has 0 spiro atoms. The Labute approximate surface area is 327 Å². The third-order valence-electron chi connectivity index (χ3n) is 12.5. The number of aromatic nitrogens is 1. The van der Waals surface area contributed by atoms with Gasteiger partial charge in [0.15, 0.2) is 5.58 Å². The quantitative estimate of drug-likeness (QED) is 0.177. The minimum absolute atomic E-state index is 0.0601. The predicted octanol–water partition coefficient (Wildman–Crippen LogP) is 14.4. The zero-order valence-electron chi connectivity index (χ0n) is 32.0. The number of hydrogen-bond donors (Lipinski definition) is 0. The standard InChI is InChI=1S/C53H40N2O/c1-52(2)45-20-12-10-17-39(45)43-30-36(26-28-47(43)52)55(37-27-29-48-44(31-37)40-18-11-13-21-46(40)53(48,3)4)35-24-22-33(23-25-35)42-32-49-50(41-19-9-8-16-38(41)42)56-51(54-49)34-14-6-5-7-15-34/h5-32H,1-4H3. The smallest absolute Gasteiger partial charge is 0.227 e. The largest absolute Gasteiger partial charge is 0.435 e. The first-order valence-corrected chi connectivity index (χ1v) is 19.5. The molecule has 268 valence electrons. The van der Waals surface area contributed by atoms with Crippen LogP contribution in [0.25, 0.3) is 66.7 Å². The normalized spacial score (nSPS) is 14.4. The first-order valence-electron chi connectivity index (χ1n) is 19.5. The molecule has 0 saturated heterocycles. The number of hydrogen-bond acceptors (Lipinski definition) is 3. The summed E-state index contributed by atoms with van der Waals surface area (Å²) >= 11 is 0. The van der Waals surface area contributed by atoms with Gasteiger partial charge in [0.25, 0.3) is 0 Å². The van der Waals surface area contributed by atoms with E-state index in [1.165, 1.54) is 44.5 Å². The van der Waals surface area contributed by atoms with Crippen LogP contribution < -0.4 is 4.90 Å². The van der Waals surface area contributed by atoms with E-state index in [2.05, 4.69) is 172 Å². The Kier molecular flexibility index (Phi) is 6.94. The molecule has 3 nitrogen and oxygen atoms in total. The van der Waals surface area contributed by atoms with Crippen molar-refractivity contribution in [1.29, 1.82) is 0 Å². The second-order valence-electron chi connectivity index (χ2n) is 16.4. The third kappa shape index (κ3) is 4.73. The van der Waals surface area contributed by atoms with Crippen molar-refractivity contribution in [2.45, 2.75) is 38.5 Å². The lowest BCUT2D eigenvalue weighted by atomic mass is 9.82. The lowest BCUT2D eigenvalue weighted by Crippen LogP contribution is -2.16. The van der Waals surface area contributed by atoms with Crippen molar-refractivity contribution >= 4 is 38.9 Å². The summed E-state index contributed by atoms with van der Waals surface area (Å²) in [6, 6.07) is 61.7. The molecule has 1 heterocycles. The number of oxazole rings is 1. The Morgan fingerprint density at radius 1 is 0.411 bits per heavy atom. The van der Waals surface area contributed by atoms with Gasteiger partial charge in [-0.1, -0.05) is 143 Å². The highest BCUT2D eigenvalue weighted by Crippen LogP contribution is 2.53. The molecule has 0 unspecified atom stereocenters. The fourth-order valence-electron chi connectivity index (χ4n) is 9.63. The minimum Gasteiger partial charge on any atom is -0.435 e. The van der Waals surface area contributed by atoms with E-state index in [9.17, 15) is 0 Å². The zero-order valence-corrected chi connectivity index (χ0v) is 32.0. The lowest BCUT2D eigenvalue weighted by Gasteiger charge is -2.28. The van der Waals surface area contributed by atoms with Crippen molar-refractivity contribution < 1.29 is 4.42 Å². The highest BCUT2D eigenvalue weighted by molar-refractivity contribution is 6.11. The van der Waals surface area contributed by atoms with E-state index in [-0.39, 0.29) is 10.8 Å². The molecule has 0 N–H and O–H groups in total. The van der Waals surface area contributed by atoms with Gasteiger partial charge in [0.05, 0.1) is 0 Å². The van der Waals surface area contributed by atoms with Crippen LogP contribution in [-0.2, 0) is 10.8 Å². The summed E-state index contributed by atoms with van der Waals surface area (Å²) in [5.74, 6) is 0.634. The van der Waals surface area contributed by atoms with Crippen molar-refractivity contribution in [3.05, 3.63) is 192 Å². The summed E-state index contributed by atoms with van der Waals surface area (Å²) < 4.78 is 6.42. The Hall–Kier alpha value is -6.71. The van der Waals surface area contributed by atoms with Crippen LogP contribution in [-0.4, -0.2) is 4.98 Å². The van der Waals surface area contributed by atoms with Crippen LogP contribution in [0.15, 0.2) is 174 Å². The Morgan fingerprint density at radius 2 is 0.911 bits per heavy atom. The highest BCUT2D eigenvalue weighted by Gasteiger charge is 2.37. The fraction of sp³-hybridized carbons (Fsp3) is 0.113. The molecule has 0 radical (unpaired) electrons. The van der Waals surface area contributed by atoms with Crippen molar-refractivity contribution in [2.75, 3.05) is 4.90 Å². The summed E-state index contributed by atoms with van der Waals surface area (Å²) in [6.45, 7) is 9.37. The van der Waals surface area contributed by atoms with Gasteiger partial charge in [0.1, 0.15) is 5.52 Å². The first kappa shape index (κ1) is 32.7. The van der Waals surface area contributed by atoms with Crippen molar-refractivity contribution in [3.8, 4) is 44.8 Å². The van der Waals surface area contributed by atoms with Crippen LogP contribution in [0.5, 0.6) is 0 Å². The van der Waals surface area contributed by atoms with Gasteiger partial charge in [-0.05, 0) is 116 Å². The molecule has 11 rings (SSSR count). The highest BCUT2D eigenvalue weighted by atomic mass is 16.3. The summed E-state index contributed by atoms with van der Waals surface area (Å²) in [5.41, 5.74) is 18.9. The van der Waals surface area contributed by atoms with E-state index in [4.69, 9.17) is 9.40 Å². The van der Waals surface area contributed by atoms with Gasteiger partial charge in [-0.2, -0.15) is 0 Å². The van der Waals surface area contributed by atoms with E-state index >= 15 is 0 Å². The van der Waals surface area contributed by atoms with Gasteiger partial charge < -0.3 is 9.32 Å². The number of benzene rings is 8. The van der Waals surface area contributed by atoms with Crippen LogP contribution in [0.1, 0.15) is 49.9 Å². The van der Waals surface area contributed by atoms with Gasteiger partial charge in [0.2, 0.25) is 5.89 Å². The Morgan fingerprint density at radius 3 is 1.52 bits per heavy atom. The lowest BCUT2D eigenvalue weighted by molar-refractivity contribution is 0.623. The van der Waals surface area contributed by atoms with Crippen LogP contribution in [0, 0.1) is 0 Å². The Balaban J connectivity index is 1.07. The molecule has 8 aromatic carbocycles. The molecule has 2 aliphatic carbocycles. The van der Waals surface area contributed by atoms with Crippen molar-refractivity contribution in [1.82, 2.24) is 4.98 Å². The number of fused-ring (bicyclic) bond motifs is 9. The molecule has 2 aliphatic rings. The number of rotatable bonds is 5. The molecular weight excluding hydrogens is 681 g/mol. The fourth-order valence-corrected chi connectivity index (χ4v) is 9.63. The molecule has 0 aliphatic heterocycles. The molecule has 3 heteroatoms. The van der Waals surface area contributed by atoms with Crippen molar-refractivity contribution in [3.63, 3.8) is 0 Å². The molecule has 56 heavy (non-hydrogen) atoms. The maximum Gasteiger partial charge on any atom is 0.227 e. The van der Waals surface area contributed by atoms with Gasteiger partial charge in [-0.3, -0.25) is 0 Å². The third-order valence-corrected chi connectivity index (χ3v) is 12.5. The molecule has 0 bridgehead atoms. The molecule has 0 atom stereocenters. The summed E-state index contributed by atoms with van der Waals surface area (Å²) in [7, 11) is 0. The van der Waals surface area contributed by atoms with Crippen LogP contribution in [0.4, 0.5) is 17.1 Å². The molecule has 0 amide bonds. The van der Waals surface area contributed by atoms with E-state index in [0.717, 1.165) is 55.6 Å². The maximum absolute atomic E-state index is 6.42. The zero-order chi connectivity index (χ0) is 37.8. The van der Waals surface area contributed by atoms with Crippen LogP contribution in [0.3, 0.4) is 0 Å². The second-order valence-corrected chi connectivity index (χ2v) is 16.4. The van der Waals surface area contributed by atoms with Gasteiger partial charge >= 0.3 is 0 Å². The first-order chi connectivity index (χ1) is 27.3. The number of nitrogens with zero attached hydrogens (tertiary/aromatic N) is 2. The molecule has 9 aromatic rings. The average molecular weight is 721 g/mol. The second kappa shape index (κ2) is 11.9. The molecular formula is C53H40N2O. The predicted molar refractivity (Wildman–Crippen MR) is 232 cm³/mol. The SMILES string of the molecule is CC1(C)c2ccccc2-c2cc(N(c3ccc(-c4cc5nc(-c6ccccc6)oc5c5ccccc45)cc3)c3ccc4c(c3)-c3ccccc3C4(C)C)ccc21. The average Bonchev–Trinajstić information content (AvgIpc) is 3.85. The Bertz CT molecular complexity index is 2920. The topological polar surface area (TPSA) is 29.3 Å². The van der Waals surface area contributed by atoms with Crippen LogP contribution in [0.2, 0.25) is 0 Å². The van der Waals surface area contributed by atoms with Gasteiger partial charge in [0, 0.05) is 38.8 Å². The molecule has 0 fully saturated rings. The van der Waals surface area contributed by atoms with Crippen molar-refractivity contribution in [2.24, 2.45) is 0 Å². The van der Waals surface area contributed by atoms with E-state index < -0.39 is 0 Å². The maximum atomic E-state index is 6.42. The molecule has 0 saturated carbocycles. The summed E-state index contributed by atoms with van der Waals surface area (Å²) in [6.07, 6.45) is 0. The summed E-state index contributed by atoms with van der Waals surface area (Å²) in [4.78, 5) is 7.41. The molecule has 1 aromatic heterocycles. The van der Waals surface area contributed by atoms with E-state index in [0.29, 0.717) is 5.89 Å². The van der Waals surface area contributed by atoms with Crippen LogP contribution >= 0.6 is 0 Å². The van der Waals surface area contributed by atoms with E-state index in [1.807, 2.05) is 30.3 Å².